The third kappa shape index (κ3) is 3.89. The predicted molar refractivity (Wildman–Crippen MR) is 71.3 cm³/mol. The quantitative estimate of drug-likeness (QED) is 0.731. The first-order valence-corrected chi connectivity index (χ1v) is 6.23. The van der Waals surface area contributed by atoms with Crippen LogP contribution in [0.3, 0.4) is 0 Å². The van der Waals surface area contributed by atoms with Gasteiger partial charge in [-0.1, -0.05) is 12.1 Å². The largest absolute Gasteiger partial charge is 0.508 e. The van der Waals surface area contributed by atoms with E-state index in [2.05, 4.69) is 22.4 Å². The van der Waals surface area contributed by atoms with Crippen molar-refractivity contribution in [1.82, 2.24) is 15.5 Å². The van der Waals surface area contributed by atoms with E-state index < -0.39 is 0 Å². The molecule has 0 aliphatic carbocycles. The molecule has 0 spiro atoms. The van der Waals surface area contributed by atoms with Crippen molar-refractivity contribution in [2.75, 3.05) is 0 Å². The summed E-state index contributed by atoms with van der Waals surface area (Å²) in [4.78, 5) is 0. The van der Waals surface area contributed by atoms with Crippen molar-refractivity contribution in [2.45, 2.75) is 32.4 Å². The Labute approximate surface area is 107 Å². The van der Waals surface area contributed by atoms with Gasteiger partial charge in [-0.2, -0.15) is 5.10 Å². The molecule has 1 aromatic heterocycles. The molecule has 3 N–H and O–H groups in total. The molecular weight excluding hydrogens is 226 g/mol. The molecule has 0 fully saturated rings. The molecular formula is C14H19N3O. The zero-order chi connectivity index (χ0) is 12.8. The van der Waals surface area contributed by atoms with Crippen LogP contribution in [0.4, 0.5) is 0 Å². The van der Waals surface area contributed by atoms with E-state index in [0.29, 0.717) is 11.8 Å². The van der Waals surface area contributed by atoms with E-state index >= 15 is 0 Å². The Kier molecular flexibility index (Phi) is 4.36. The number of aromatic hydroxyl groups is 1. The van der Waals surface area contributed by atoms with Crippen LogP contribution in [0.1, 0.15) is 24.5 Å². The van der Waals surface area contributed by atoms with Gasteiger partial charge in [0.25, 0.3) is 0 Å². The summed E-state index contributed by atoms with van der Waals surface area (Å²) in [5, 5.41) is 19.4. The Morgan fingerprint density at radius 1 is 1.28 bits per heavy atom. The highest BCUT2D eigenvalue weighted by molar-refractivity contribution is 5.25. The summed E-state index contributed by atoms with van der Waals surface area (Å²) in [7, 11) is 0. The lowest BCUT2D eigenvalue weighted by Gasteiger charge is -2.13. The van der Waals surface area contributed by atoms with E-state index in [-0.39, 0.29) is 0 Å². The summed E-state index contributed by atoms with van der Waals surface area (Å²) in [6, 6.07) is 7.86. The molecule has 96 valence electrons. The van der Waals surface area contributed by atoms with E-state index in [1.54, 1.807) is 12.1 Å². The molecule has 18 heavy (non-hydrogen) atoms. The van der Waals surface area contributed by atoms with Gasteiger partial charge in [-0.15, -0.1) is 0 Å². The highest BCUT2D eigenvalue weighted by Gasteiger charge is 2.03. The van der Waals surface area contributed by atoms with Gasteiger partial charge in [-0.3, -0.25) is 5.10 Å². The van der Waals surface area contributed by atoms with E-state index in [1.165, 1.54) is 11.1 Å². The molecule has 1 unspecified atom stereocenters. The van der Waals surface area contributed by atoms with Crippen LogP contribution in [0.15, 0.2) is 36.7 Å². The van der Waals surface area contributed by atoms with Gasteiger partial charge in [0.1, 0.15) is 5.75 Å². The van der Waals surface area contributed by atoms with Crippen molar-refractivity contribution >= 4 is 0 Å². The maximum Gasteiger partial charge on any atom is 0.115 e. The molecule has 0 saturated carbocycles. The fourth-order valence-corrected chi connectivity index (χ4v) is 1.81. The number of benzene rings is 1. The number of phenols is 1. The first kappa shape index (κ1) is 12.6. The van der Waals surface area contributed by atoms with Crippen molar-refractivity contribution < 1.29 is 5.11 Å². The molecule has 0 aliphatic rings. The summed E-state index contributed by atoms with van der Waals surface area (Å²) >= 11 is 0. The molecule has 4 heteroatoms. The molecule has 0 radical (unpaired) electrons. The standard InChI is InChI=1S/C14H19N3O/c1-11(15-8-13-9-16-17-10-13)2-3-12-4-6-14(18)7-5-12/h4-7,9-11,15,18H,2-3,8H2,1H3,(H,16,17). The lowest BCUT2D eigenvalue weighted by atomic mass is 10.1. The first-order chi connectivity index (χ1) is 8.74. The van der Waals surface area contributed by atoms with Gasteiger partial charge in [-0.25, -0.2) is 0 Å². The van der Waals surface area contributed by atoms with E-state index in [0.717, 1.165) is 19.4 Å². The minimum atomic E-state index is 0.324. The van der Waals surface area contributed by atoms with E-state index in [1.807, 2.05) is 24.5 Å². The molecule has 1 atom stereocenters. The van der Waals surface area contributed by atoms with Gasteiger partial charge in [0, 0.05) is 24.3 Å². The van der Waals surface area contributed by atoms with Gasteiger partial charge in [0.15, 0.2) is 0 Å². The normalized spacial score (nSPS) is 12.5. The average Bonchev–Trinajstić information content (AvgIpc) is 2.89. The number of rotatable bonds is 6. The van der Waals surface area contributed by atoms with Gasteiger partial charge in [-0.05, 0) is 37.5 Å². The molecule has 4 nitrogen and oxygen atoms in total. The SMILES string of the molecule is CC(CCc1ccc(O)cc1)NCc1cn[nH]c1. The minimum absolute atomic E-state index is 0.324. The van der Waals surface area contributed by atoms with Crippen molar-refractivity contribution in [3.05, 3.63) is 47.8 Å². The molecule has 1 aromatic carbocycles. The lowest BCUT2D eigenvalue weighted by molar-refractivity contribution is 0.474. The second-order valence-corrected chi connectivity index (χ2v) is 4.59. The Morgan fingerprint density at radius 3 is 2.72 bits per heavy atom. The predicted octanol–water partition coefficient (Wildman–Crippen LogP) is 2.23. The second-order valence-electron chi connectivity index (χ2n) is 4.59. The molecule has 0 amide bonds. The Bertz CT molecular complexity index is 450. The van der Waals surface area contributed by atoms with Gasteiger partial charge >= 0.3 is 0 Å². The van der Waals surface area contributed by atoms with Crippen LogP contribution in [0.2, 0.25) is 0 Å². The van der Waals surface area contributed by atoms with Gasteiger partial charge in [0.05, 0.1) is 6.20 Å². The molecule has 0 saturated heterocycles. The number of nitrogens with one attached hydrogen (secondary N) is 2. The van der Waals surface area contributed by atoms with Crippen molar-refractivity contribution in [3.63, 3.8) is 0 Å². The summed E-state index contributed by atoms with van der Waals surface area (Å²) in [6.45, 7) is 3.02. The van der Waals surface area contributed by atoms with E-state index in [4.69, 9.17) is 0 Å². The molecule has 0 bridgehead atoms. The number of hydrogen-bond donors (Lipinski definition) is 3. The Hall–Kier alpha value is -1.81. The average molecular weight is 245 g/mol. The third-order valence-electron chi connectivity index (χ3n) is 3.01. The van der Waals surface area contributed by atoms with Crippen LogP contribution in [0.5, 0.6) is 5.75 Å². The van der Waals surface area contributed by atoms with Crippen molar-refractivity contribution in [3.8, 4) is 5.75 Å². The summed E-state index contributed by atoms with van der Waals surface area (Å²) in [6.07, 6.45) is 5.82. The molecule has 1 heterocycles. The number of H-pyrrole nitrogens is 1. The fraction of sp³-hybridized carbons (Fsp3) is 0.357. The van der Waals surface area contributed by atoms with Gasteiger partial charge in [0.2, 0.25) is 0 Å². The maximum atomic E-state index is 9.20. The summed E-state index contributed by atoms with van der Waals surface area (Å²) < 4.78 is 0. The Balaban J connectivity index is 1.71. The van der Waals surface area contributed by atoms with Crippen LogP contribution >= 0.6 is 0 Å². The Morgan fingerprint density at radius 2 is 2.06 bits per heavy atom. The van der Waals surface area contributed by atoms with Crippen LogP contribution in [0, 0.1) is 0 Å². The minimum Gasteiger partial charge on any atom is -0.508 e. The zero-order valence-corrected chi connectivity index (χ0v) is 10.6. The van der Waals surface area contributed by atoms with Crippen molar-refractivity contribution in [2.24, 2.45) is 0 Å². The molecule has 0 aliphatic heterocycles. The number of aromatic amines is 1. The third-order valence-corrected chi connectivity index (χ3v) is 3.01. The summed E-state index contributed by atoms with van der Waals surface area (Å²) in [5.41, 5.74) is 2.43. The molecule has 2 aromatic rings. The zero-order valence-electron chi connectivity index (χ0n) is 10.6. The highest BCUT2D eigenvalue weighted by atomic mass is 16.3. The lowest BCUT2D eigenvalue weighted by Crippen LogP contribution is -2.25. The first-order valence-electron chi connectivity index (χ1n) is 6.23. The number of aryl methyl sites for hydroxylation is 1. The molecule has 2 rings (SSSR count). The van der Waals surface area contributed by atoms with Crippen LogP contribution < -0.4 is 5.32 Å². The van der Waals surface area contributed by atoms with E-state index in [9.17, 15) is 5.11 Å². The number of phenolic OH excluding ortho intramolecular Hbond substituents is 1. The topological polar surface area (TPSA) is 60.9 Å². The monoisotopic (exact) mass is 245 g/mol. The number of hydrogen-bond acceptors (Lipinski definition) is 3. The van der Waals surface area contributed by atoms with Crippen LogP contribution in [0.25, 0.3) is 0 Å². The number of aromatic nitrogens is 2. The van der Waals surface area contributed by atoms with Crippen LogP contribution in [-0.2, 0) is 13.0 Å². The maximum absolute atomic E-state index is 9.20. The van der Waals surface area contributed by atoms with Crippen molar-refractivity contribution in [1.29, 1.82) is 0 Å². The number of nitrogens with zero attached hydrogens (tertiary/aromatic N) is 1. The highest BCUT2D eigenvalue weighted by Crippen LogP contribution is 2.12. The second kappa shape index (κ2) is 6.21. The van der Waals surface area contributed by atoms with Crippen LogP contribution in [-0.4, -0.2) is 21.3 Å². The van der Waals surface area contributed by atoms with Gasteiger partial charge < -0.3 is 10.4 Å². The summed E-state index contributed by atoms with van der Waals surface area (Å²) in [5.74, 6) is 0.324. The smallest absolute Gasteiger partial charge is 0.115 e. The fourth-order valence-electron chi connectivity index (χ4n) is 1.81.